The molecule has 1 aromatic carbocycles. The zero-order valence-electron chi connectivity index (χ0n) is 25.5. The van der Waals surface area contributed by atoms with E-state index in [1.807, 2.05) is 19.1 Å². The van der Waals surface area contributed by atoms with Gasteiger partial charge in [0.2, 0.25) is 0 Å². The predicted molar refractivity (Wildman–Crippen MR) is 162 cm³/mol. The summed E-state index contributed by atoms with van der Waals surface area (Å²) >= 11 is 0. The van der Waals surface area contributed by atoms with Crippen molar-refractivity contribution in [3.63, 3.8) is 0 Å². The first-order chi connectivity index (χ1) is 18.5. The number of esters is 1. The van der Waals surface area contributed by atoms with Gasteiger partial charge in [-0.05, 0) is 134 Å². The van der Waals surface area contributed by atoms with Crippen molar-refractivity contribution in [3.05, 3.63) is 54.1 Å². The molecule has 5 aliphatic carbocycles. The van der Waals surface area contributed by atoms with Gasteiger partial charge in [0.1, 0.15) is 0 Å². The molecule has 0 bridgehead atoms. The van der Waals surface area contributed by atoms with Crippen LogP contribution in [0.15, 0.2) is 43.0 Å². The number of benzene rings is 1. The summed E-state index contributed by atoms with van der Waals surface area (Å²) in [5.41, 5.74) is 11.8. The Morgan fingerprint density at radius 1 is 0.949 bits per heavy atom. The normalized spacial score (nSPS) is 44.3. The smallest absolute Gasteiger partial charge is 0.337 e. The Balaban J connectivity index is 0.000000983. The Morgan fingerprint density at radius 3 is 2.31 bits per heavy atom. The van der Waals surface area contributed by atoms with Gasteiger partial charge in [-0.2, -0.15) is 0 Å². The van der Waals surface area contributed by atoms with Gasteiger partial charge in [0.05, 0.1) is 12.7 Å². The maximum absolute atomic E-state index is 11.9. The van der Waals surface area contributed by atoms with Gasteiger partial charge in [0, 0.05) is 5.54 Å². The monoisotopic (exact) mass is 531 g/mol. The maximum Gasteiger partial charge on any atom is 0.337 e. The topological polar surface area (TPSA) is 52.3 Å². The Labute approximate surface area is 238 Å². The lowest BCUT2D eigenvalue weighted by molar-refractivity contribution is -0.209. The van der Waals surface area contributed by atoms with Crippen molar-refractivity contribution in [2.24, 2.45) is 51.6 Å². The van der Waals surface area contributed by atoms with Crippen molar-refractivity contribution >= 4 is 11.5 Å². The summed E-state index contributed by atoms with van der Waals surface area (Å²) in [4.78, 5) is 11.9. The van der Waals surface area contributed by atoms with Crippen LogP contribution < -0.4 is 5.73 Å². The van der Waals surface area contributed by atoms with Gasteiger partial charge in [-0.3, -0.25) is 0 Å². The number of allylic oxidation sites excluding steroid dienone is 3. The molecule has 0 heterocycles. The van der Waals surface area contributed by atoms with Gasteiger partial charge in [0.25, 0.3) is 0 Å². The third-order valence-electron chi connectivity index (χ3n) is 13.3. The van der Waals surface area contributed by atoms with Crippen LogP contribution in [0.1, 0.15) is 115 Å². The number of carbonyl (C=O) groups is 1. The number of carbonyl (C=O) groups excluding carboxylic acids is 1. The summed E-state index contributed by atoms with van der Waals surface area (Å²) in [5, 5.41) is 0. The molecule has 0 radical (unpaired) electrons. The number of rotatable bonds is 2. The zero-order chi connectivity index (χ0) is 28.2. The molecule has 0 spiro atoms. The van der Waals surface area contributed by atoms with Crippen molar-refractivity contribution in [1.29, 1.82) is 0 Å². The molecular formula is C36H53NO2. The Hall–Kier alpha value is -1.87. The van der Waals surface area contributed by atoms with E-state index >= 15 is 0 Å². The molecule has 0 aliphatic heterocycles. The highest BCUT2D eigenvalue weighted by molar-refractivity contribution is 5.89. The Kier molecular flexibility index (Phi) is 7.49. The van der Waals surface area contributed by atoms with Crippen LogP contribution in [0.25, 0.3) is 5.57 Å². The molecular weight excluding hydrogens is 478 g/mol. The molecule has 6 rings (SSSR count). The highest BCUT2D eigenvalue weighted by Crippen LogP contribution is 2.74. The molecule has 0 saturated heterocycles. The van der Waals surface area contributed by atoms with Crippen molar-refractivity contribution < 1.29 is 9.53 Å². The van der Waals surface area contributed by atoms with Crippen LogP contribution >= 0.6 is 0 Å². The minimum atomic E-state index is -0.261. The summed E-state index contributed by atoms with van der Waals surface area (Å²) in [6.07, 6.45) is 17.5. The van der Waals surface area contributed by atoms with E-state index in [9.17, 15) is 4.79 Å². The molecule has 8 unspecified atom stereocenters. The molecule has 214 valence electrons. The van der Waals surface area contributed by atoms with Gasteiger partial charge in [-0.25, -0.2) is 4.79 Å². The minimum absolute atomic E-state index is 0.134. The summed E-state index contributed by atoms with van der Waals surface area (Å²) in [6, 6.07) is 8.09. The lowest BCUT2D eigenvalue weighted by Gasteiger charge is -2.71. The van der Waals surface area contributed by atoms with Crippen LogP contribution in [0.2, 0.25) is 0 Å². The van der Waals surface area contributed by atoms with Gasteiger partial charge >= 0.3 is 5.97 Å². The summed E-state index contributed by atoms with van der Waals surface area (Å²) in [6.45, 7) is 15.8. The largest absolute Gasteiger partial charge is 0.465 e. The molecule has 0 amide bonds. The van der Waals surface area contributed by atoms with Crippen molar-refractivity contribution in [2.75, 3.05) is 7.11 Å². The van der Waals surface area contributed by atoms with E-state index < -0.39 is 0 Å². The molecule has 9 atom stereocenters. The summed E-state index contributed by atoms with van der Waals surface area (Å²) in [7, 11) is 1.45. The number of hydrogen-bond acceptors (Lipinski definition) is 3. The third-order valence-corrected chi connectivity index (χ3v) is 13.3. The fourth-order valence-corrected chi connectivity index (χ4v) is 11.2. The zero-order valence-corrected chi connectivity index (χ0v) is 25.5. The Morgan fingerprint density at radius 2 is 1.64 bits per heavy atom. The number of methoxy groups -OCH3 is 1. The van der Waals surface area contributed by atoms with E-state index in [0.29, 0.717) is 27.7 Å². The molecule has 4 saturated carbocycles. The van der Waals surface area contributed by atoms with Crippen molar-refractivity contribution in [3.8, 4) is 0 Å². The molecule has 2 N–H and O–H groups in total. The van der Waals surface area contributed by atoms with Gasteiger partial charge in [-0.15, -0.1) is 6.58 Å². The fraction of sp³-hybridized carbons (Fsp3) is 0.694. The highest BCUT2D eigenvalue weighted by Gasteiger charge is 2.68. The fourth-order valence-electron chi connectivity index (χ4n) is 11.2. The van der Waals surface area contributed by atoms with E-state index in [2.05, 4.69) is 52.5 Å². The SMILES string of the molecule is C=CC.COC(=O)c1ccc(C2=CCC3(C)C(CCC4(C)C3CCC3C5CCCC5(N)CC[C@]34C)C2C)cc1. The second-order valence-corrected chi connectivity index (χ2v) is 14.6. The van der Waals surface area contributed by atoms with Gasteiger partial charge in [-0.1, -0.05) is 58.4 Å². The molecule has 3 nitrogen and oxygen atoms in total. The van der Waals surface area contributed by atoms with E-state index in [1.165, 1.54) is 82.5 Å². The Bertz CT molecular complexity index is 1120. The number of nitrogens with two attached hydrogens (primary N) is 1. The quantitative estimate of drug-likeness (QED) is 0.306. The van der Waals surface area contributed by atoms with Crippen LogP contribution in [-0.2, 0) is 4.74 Å². The van der Waals surface area contributed by atoms with E-state index in [0.717, 1.165) is 23.7 Å². The number of fused-ring (bicyclic) bond motifs is 7. The third kappa shape index (κ3) is 4.20. The van der Waals surface area contributed by atoms with Gasteiger partial charge < -0.3 is 10.5 Å². The van der Waals surface area contributed by atoms with Crippen LogP contribution in [0, 0.1) is 45.8 Å². The number of ether oxygens (including phenoxy) is 1. The second-order valence-electron chi connectivity index (χ2n) is 14.6. The number of hydrogen-bond donors (Lipinski definition) is 1. The maximum atomic E-state index is 11.9. The first-order valence-electron chi connectivity index (χ1n) is 15.7. The highest BCUT2D eigenvalue weighted by atomic mass is 16.5. The molecule has 4 fully saturated rings. The van der Waals surface area contributed by atoms with Crippen LogP contribution in [0.3, 0.4) is 0 Å². The van der Waals surface area contributed by atoms with Gasteiger partial charge in [0.15, 0.2) is 0 Å². The van der Waals surface area contributed by atoms with Crippen molar-refractivity contribution in [2.45, 2.75) is 104 Å². The first kappa shape index (κ1) is 28.7. The lowest BCUT2D eigenvalue weighted by Crippen LogP contribution is -2.66. The molecule has 3 heteroatoms. The molecule has 39 heavy (non-hydrogen) atoms. The average molecular weight is 532 g/mol. The van der Waals surface area contributed by atoms with E-state index in [4.69, 9.17) is 10.5 Å². The second kappa shape index (κ2) is 10.2. The molecule has 0 aromatic heterocycles. The first-order valence-corrected chi connectivity index (χ1v) is 15.7. The van der Waals surface area contributed by atoms with Crippen molar-refractivity contribution in [1.82, 2.24) is 0 Å². The minimum Gasteiger partial charge on any atom is -0.465 e. The standard InChI is InChI=1S/C33H47NO2.C3H6/c1-21-24(22-8-10-23(11-9-22)29(35)36-5)14-17-30(2)25(21)15-18-32(4)28(30)13-12-26-27-7-6-16-33(27,34)20-19-31(26,32)3;1-3-2/h8-11,14,21,25-28H,6-7,12-13,15-20,34H2,1-5H3;3H,1H2,2H3/t21?,25?,26?,27?,28?,30?,31-,32?,33?;/m1./s1. The van der Waals surface area contributed by atoms with E-state index in [-0.39, 0.29) is 11.5 Å². The lowest BCUT2D eigenvalue weighted by atomic mass is 9.34. The van der Waals surface area contributed by atoms with Crippen LogP contribution in [-0.4, -0.2) is 18.6 Å². The molecule has 1 aromatic rings. The predicted octanol–water partition coefficient (Wildman–Crippen LogP) is 8.84. The summed E-state index contributed by atoms with van der Waals surface area (Å²) in [5.74, 6) is 3.37. The van der Waals surface area contributed by atoms with Crippen LogP contribution in [0.4, 0.5) is 0 Å². The average Bonchev–Trinajstić information content (AvgIpc) is 3.31. The molecule has 5 aliphatic rings. The van der Waals surface area contributed by atoms with E-state index in [1.54, 1.807) is 6.08 Å². The summed E-state index contributed by atoms with van der Waals surface area (Å²) < 4.78 is 4.90. The van der Waals surface area contributed by atoms with Crippen LogP contribution in [0.5, 0.6) is 0 Å².